The lowest BCUT2D eigenvalue weighted by Gasteiger charge is -2.21. The SMILES string of the molecule is CCCN(CCC)c1cccs1. The van der Waals surface area contributed by atoms with Crippen LogP contribution < -0.4 is 4.90 Å². The van der Waals surface area contributed by atoms with Gasteiger partial charge in [-0.25, -0.2) is 0 Å². The maximum Gasteiger partial charge on any atom is 0.0908 e. The lowest BCUT2D eigenvalue weighted by atomic mass is 10.3. The third-order valence-corrected chi connectivity index (χ3v) is 2.73. The summed E-state index contributed by atoms with van der Waals surface area (Å²) >= 11 is 1.84. The molecular formula is C10H17NS. The monoisotopic (exact) mass is 183 g/mol. The first-order valence-electron chi connectivity index (χ1n) is 4.67. The van der Waals surface area contributed by atoms with Crippen LogP contribution in [0.25, 0.3) is 0 Å². The summed E-state index contributed by atoms with van der Waals surface area (Å²) in [4.78, 5) is 2.46. The maximum absolute atomic E-state index is 2.46. The Morgan fingerprint density at radius 1 is 1.25 bits per heavy atom. The molecule has 1 aromatic heterocycles. The predicted molar refractivity (Wildman–Crippen MR) is 57.1 cm³/mol. The molecule has 0 spiro atoms. The first-order valence-corrected chi connectivity index (χ1v) is 5.55. The Hall–Kier alpha value is -0.500. The molecule has 1 rings (SSSR count). The Kier molecular flexibility index (Phi) is 4.15. The number of thiophene rings is 1. The molecule has 0 aliphatic rings. The standard InChI is InChI=1S/C10H17NS/c1-3-7-11(8-4-2)10-6-5-9-12-10/h5-6,9H,3-4,7-8H2,1-2H3. The second-order valence-electron chi connectivity index (χ2n) is 2.94. The second-order valence-corrected chi connectivity index (χ2v) is 3.86. The van der Waals surface area contributed by atoms with Crippen molar-refractivity contribution in [1.82, 2.24) is 0 Å². The van der Waals surface area contributed by atoms with Gasteiger partial charge in [0.15, 0.2) is 0 Å². The van der Waals surface area contributed by atoms with Crippen LogP contribution in [0.15, 0.2) is 17.5 Å². The van der Waals surface area contributed by atoms with Crippen molar-refractivity contribution in [2.75, 3.05) is 18.0 Å². The highest BCUT2D eigenvalue weighted by Crippen LogP contribution is 2.21. The highest BCUT2D eigenvalue weighted by Gasteiger charge is 2.03. The molecule has 0 aliphatic heterocycles. The van der Waals surface area contributed by atoms with E-state index in [-0.39, 0.29) is 0 Å². The molecule has 1 nitrogen and oxygen atoms in total. The summed E-state index contributed by atoms with van der Waals surface area (Å²) in [7, 11) is 0. The van der Waals surface area contributed by atoms with Gasteiger partial charge >= 0.3 is 0 Å². The topological polar surface area (TPSA) is 3.24 Å². The van der Waals surface area contributed by atoms with Crippen LogP contribution in [0.4, 0.5) is 5.00 Å². The highest BCUT2D eigenvalue weighted by atomic mass is 32.1. The van der Waals surface area contributed by atoms with Gasteiger partial charge in [-0.3, -0.25) is 0 Å². The molecular weight excluding hydrogens is 166 g/mol. The summed E-state index contributed by atoms with van der Waals surface area (Å²) in [5.41, 5.74) is 0. The van der Waals surface area contributed by atoms with Gasteiger partial charge in [-0.15, -0.1) is 11.3 Å². The molecule has 12 heavy (non-hydrogen) atoms. The van der Waals surface area contributed by atoms with Crippen molar-refractivity contribution in [2.24, 2.45) is 0 Å². The molecule has 1 aromatic rings. The zero-order chi connectivity index (χ0) is 8.81. The Labute approximate surface area is 79.0 Å². The van der Waals surface area contributed by atoms with Crippen LogP contribution in [0, 0.1) is 0 Å². The fourth-order valence-corrected chi connectivity index (χ4v) is 2.11. The Morgan fingerprint density at radius 2 is 1.92 bits per heavy atom. The molecule has 0 unspecified atom stereocenters. The second kappa shape index (κ2) is 5.20. The number of hydrogen-bond acceptors (Lipinski definition) is 2. The molecule has 1 heterocycles. The maximum atomic E-state index is 2.46. The van der Waals surface area contributed by atoms with Crippen molar-refractivity contribution < 1.29 is 0 Å². The van der Waals surface area contributed by atoms with Gasteiger partial charge in [0.25, 0.3) is 0 Å². The molecule has 68 valence electrons. The van der Waals surface area contributed by atoms with Crippen LogP contribution in [0.3, 0.4) is 0 Å². The van der Waals surface area contributed by atoms with Crippen molar-refractivity contribution in [3.05, 3.63) is 17.5 Å². The highest BCUT2D eigenvalue weighted by molar-refractivity contribution is 7.14. The van der Waals surface area contributed by atoms with Gasteiger partial charge in [0.05, 0.1) is 5.00 Å². The summed E-state index contributed by atoms with van der Waals surface area (Å²) in [6, 6.07) is 4.33. The molecule has 0 aromatic carbocycles. The minimum atomic E-state index is 1.19. The first-order chi connectivity index (χ1) is 5.88. The van der Waals surface area contributed by atoms with Crippen molar-refractivity contribution in [1.29, 1.82) is 0 Å². The number of nitrogens with zero attached hydrogens (tertiary/aromatic N) is 1. The quantitative estimate of drug-likeness (QED) is 0.676. The minimum absolute atomic E-state index is 1.19. The molecule has 0 radical (unpaired) electrons. The lowest BCUT2D eigenvalue weighted by Crippen LogP contribution is -2.23. The molecule has 0 fully saturated rings. The summed E-state index contributed by atoms with van der Waals surface area (Å²) in [6.45, 7) is 6.84. The zero-order valence-corrected chi connectivity index (χ0v) is 8.73. The molecule has 0 amide bonds. The van der Waals surface area contributed by atoms with E-state index in [0.29, 0.717) is 0 Å². The third kappa shape index (κ3) is 2.52. The van der Waals surface area contributed by atoms with E-state index >= 15 is 0 Å². The van der Waals surface area contributed by atoms with Crippen molar-refractivity contribution in [3.63, 3.8) is 0 Å². The van der Waals surface area contributed by atoms with Crippen LogP contribution >= 0.6 is 11.3 Å². The van der Waals surface area contributed by atoms with Gasteiger partial charge in [0.1, 0.15) is 0 Å². The van der Waals surface area contributed by atoms with Crippen LogP contribution in [-0.2, 0) is 0 Å². The van der Waals surface area contributed by atoms with Gasteiger partial charge < -0.3 is 4.90 Å². The average Bonchev–Trinajstić information content (AvgIpc) is 2.56. The first kappa shape index (κ1) is 9.59. The Bertz CT molecular complexity index is 188. The largest absolute Gasteiger partial charge is 0.363 e. The van der Waals surface area contributed by atoms with Crippen LogP contribution in [0.2, 0.25) is 0 Å². The van der Waals surface area contributed by atoms with Gasteiger partial charge in [0.2, 0.25) is 0 Å². The van der Waals surface area contributed by atoms with Gasteiger partial charge in [-0.2, -0.15) is 0 Å². The molecule has 0 saturated carbocycles. The summed E-state index contributed by atoms with van der Waals surface area (Å²) < 4.78 is 0. The van der Waals surface area contributed by atoms with E-state index in [1.165, 1.54) is 30.9 Å². The van der Waals surface area contributed by atoms with Gasteiger partial charge in [0, 0.05) is 13.1 Å². The number of anilines is 1. The van der Waals surface area contributed by atoms with E-state index in [2.05, 4.69) is 36.3 Å². The summed E-state index contributed by atoms with van der Waals surface area (Å²) in [5.74, 6) is 0. The zero-order valence-electron chi connectivity index (χ0n) is 7.92. The lowest BCUT2D eigenvalue weighted by molar-refractivity contribution is 0.751. The number of rotatable bonds is 5. The van der Waals surface area contributed by atoms with Crippen LogP contribution in [0.1, 0.15) is 26.7 Å². The third-order valence-electron chi connectivity index (χ3n) is 1.80. The average molecular weight is 183 g/mol. The molecule has 0 bridgehead atoms. The molecule has 0 N–H and O–H groups in total. The van der Waals surface area contributed by atoms with Crippen LogP contribution in [-0.4, -0.2) is 13.1 Å². The van der Waals surface area contributed by atoms with Crippen molar-refractivity contribution in [2.45, 2.75) is 26.7 Å². The molecule has 0 atom stereocenters. The normalized spacial score (nSPS) is 10.2. The molecule has 0 saturated heterocycles. The fraction of sp³-hybridized carbons (Fsp3) is 0.600. The minimum Gasteiger partial charge on any atom is -0.363 e. The van der Waals surface area contributed by atoms with Gasteiger partial charge in [-0.1, -0.05) is 13.8 Å². The van der Waals surface area contributed by atoms with E-state index in [1.54, 1.807) is 0 Å². The summed E-state index contributed by atoms with van der Waals surface area (Å²) in [5, 5.41) is 3.56. The molecule has 0 aliphatic carbocycles. The van der Waals surface area contributed by atoms with E-state index in [4.69, 9.17) is 0 Å². The van der Waals surface area contributed by atoms with Crippen molar-refractivity contribution in [3.8, 4) is 0 Å². The van der Waals surface area contributed by atoms with Crippen LogP contribution in [0.5, 0.6) is 0 Å². The van der Waals surface area contributed by atoms with Crippen molar-refractivity contribution >= 4 is 16.3 Å². The van der Waals surface area contributed by atoms with E-state index in [1.807, 2.05) is 11.3 Å². The van der Waals surface area contributed by atoms with E-state index in [9.17, 15) is 0 Å². The molecule has 2 heteroatoms. The van der Waals surface area contributed by atoms with E-state index in [0.717, 1.165) is 0 Å². The summed E-state index contributed by atoms with van der Waals surface area (Å²) in [6.07, 6.45) is 2.47. The fourth-order valence-electron chi connectivity index (χ4n) is 1.32. The number of hydrogen-bond donors (Lipinski definition) is 0. The van der Waals surface area contributed by atoms with Gasteiger partial charge in [-0.05, 0) is 30.4 Å². The Morgan fingerprint density at radius 3 is 2.33 bits per heavy atom. The smallest absolute Gasteiger partial charge is 0.0908 e. The predicted octanol–water partition coefficient (Wildman–Crippen LogP) is 3.37. The van der Waals surface area contributed by atoms with E-state index < -0.39 is 0 Å². The Balaban J connectivity index is 2.53.